The van der Waals surface area contributed by atoms with Crippen LogP contribution in [0.1, 0.15) is 0 Å². The lowest BCUT2D eigenvalue weighted by Gasteiger charge is -2.15. The highest BCUT2D eigenvalue weighted by molar-refractivity contribution is 7.25. The van der Waals surface area contributed by atoms with Gasteiger partial charge < -0.3 is 4.57 Å². The quantitative estimate of drug-likeness (QED) is 0.181. The minimum Gasteiger partial charge on any atom is -0.309 e. The van der Waals surface area contributed by atoms with E-state index in [1.807, 2.05) is 11.3 Å². The van der Waals surface area contributed by atoms with Gasteiger partial charge in [-0.05, 0) is 87.6 Å². The number of hydrogen-bond donors (Lipinski definition) is 0. The fraction of sp³-hybridized carbons (Fsp3) is 0. The maximum absolute atomic E-state index is 5.28. The van der Waals surface area contributed by atoms with Crippen molar-refractivity contribution in [1.82, 2.24) is 19.5 Å². The molecule has 3 aromatic heterocycles. The van der Waals surface area contributed by atoms with Crippen molar-refractivity contribution < 1.29 is 0 Å². The van der Waals surface area contributed by atoms with Gasteiger partial charge in [-0.2, -0.15) is 0 Å². The van der Waals surface area contributed by atoms with Crippen molar-refractivity contribution in [2.75, 3.05) is 0 Å². The first-order valence-electron chi connectivity index (χ1n) is 18.8. The zero-order valence-electron chi connectivity index (χ0n) is 30.0. The normalized spacial score (nSPS) is 11.9. The van der Waals surface area contributed by atoms with E-state index in [1.54, 1.807) is 0 Å². The van der Waals surface area contributed by atoms with Gasteiger partial charge in [0.15, 0.2) is 17.5 Å². The second-order valence-electron chi connectivity index (χ2n) is 14.4. The van der Waals surface area contributed by atoms with Crippen LogP contribution in [0, 0.1) is 0 Å². The number of nitrogens with zero attached hydrogens (tertiary/aromatic N) is 4. The number of hydrogen-bond acceptors (Lipinski definition) is 4. The van der Waals surface area contributed by atoms with Gasteiger partial charge in [0.2, 0.25) is 0 Å². The van der Waals surface area contributed by atoms with Crippen molar-refractivity contribution in [3.63, 3.8) is 0 Å². The van der Waals surface area contributed by atoms with E-state index < -0.39 is 0 Å². The van der Waals surface area contributed by atoms with Gasteiger partial charge in [-0.25, -0.2) is 15.0 Å². The molecule has 0 aliphatic carbocycles. The molecule has 56 heavy (non-hydrogen) atoms. The Labute approximate surface area is 325 Å². The van der Waals surface area contributed by atoms with Gasteiger partial charge in [0.1, 0.15) is 0 Å². The van der Waals surface area contributed by atoms with Crippen LogP contribution >= 0.6 is 11.3 Å². The van der Waals surface area contributed by atoms with Gasteiger partial charge >= 0.3 is 0 Å². The van der Waals surface area contributed by atoms with Gasteiger partial charge in [0.05, 0.1) is 16.7 Å². The summed E-state index contributed by atoms with van der Waals surface area (Å²) in [6, 6.07) is 65.1. The van der Waals surface area contributed by atoms with Gasteiger partial charge in [-0.1, -0.05) is 121 Å². The van der Waals surface area contributed by atoms with Crippen LogP contribution in [0.5, 0.6) is 0 Å². The Bertz CT molecular complexity index is 3560. The Balaban J connectivity index is 1.10. The van der Waals surface area contributed by atoms with E-state index in [2.05, 4.69) is 187 Å². The predicted molar refractivity (Wildman–Crippen MR) is 236 cm³/mol. The summed E-state index contributed by atoms with van der Waals surface area (Å²) in [5.74, 6) is 1.94. The van der Waals surface area contributed by atoms with Crippen molar-refractivity contribution in [2.45, 2.75) is 0 Å². The monoisotopic (exact) mass is 730 g/mol. The highest BCUT2D eigenvalue weighted by Crippen LogP contribution is 2.40. The van der Waals surface area contributed by atoms with Crippen LogP contribution in [-0.2, 0) is 0 Å². The summed E-state index contributed by atoms with van der Waals surface area (Å²) in [6.45, 7) is 0. The molecule has 12 rings (SSSR count). The number of fused-ring (bicyclic) bond motifs is 9. The lowest BCUT2D eigenvalue weighted by molar-refractivity contribution is 1.08. The fourth-order valence-corrected chi connectivity index (χ4v) is 9.62. The van der Waals surface area contributed by atoms with E-state index in [-0.39, 0.29) is 0 Å². The molecule has 12 aromatic rings. The summed E-state index contributed by atoms with van der Waals surface area (Å²) in [5.41, 5.74) is 6.35. The molecule has 0 fully saturated rings. The molecule has 3 heterocycles. The first-order valence-corrected chi connectivity index (χ1v) is 19.7. The van der Waals surface area contributed by atoms with Crippen LogP contribution in [-0.4, -0.2) is 19.5 Å². The minimum atomic E-state index is 0.643. The van der Waals surface area contributed by atoms with Crippen molar-refractivity contribution in [2.24, 2.45) is 0 Å². The van der Waals surface area contributed by atoms with Crippen LogP contribution in [0.3, 0.4) is 0 Å². The second kappa shape index (κ2) is 12.2. The summed E-state index contributed by atoms with van der Waals surface area (Å²) < 4.78 is 4.94. The lowest BCUT2D eigenvalue weighted by Crippen LogP contribution is -2.02. The number of aromatic nitrogens is 4. The zero-order valence-corrected chi connectivity index (χ0v) is 30.8. The average Bonchev–Trinajstić information content (AvgIpc) is 3.79. The summed E-state index contributed by atoms with van der Waals surface area (Å²) >= 11 is 1.81. The Morgan fingerprint density at radius 3 is 1.75 bits per heavy atom. The third-order valence-corrected chi connectivity index (χ3v) is 12.4. The molecule has 0 saturated heterocycles. The SMILES string of the molecule is c1ccc2cc(-c3nc(-c4ccc5sc6ccccc6c5c4)nc(-c4ccc(-n5c6ccccc6c6cc7ccccc7cc65)c5ccccc45)n3)ccc2c1. The zero-order chi connectivity index (χ0) is 36.7. The van der Waals surface area contributed by atoms with Crippen LogP contribution in [0.25, 0.3) is 114 Å². The Kier molecular flexibility index (Phi) is 6.76. The molecule has 0 atom stereocenters. The standard InChI is InChI=1S/C51H30N4S/c1-2-12-32-27-35(22-21-31(32)11-1)49-52-50(36-23-26-48-43(29-36)40-18-8-10-20-47(40)56-48)54-51(53-49)41-24-25-45(38-16-6-5-15-37(38)41)55-44-19-9-7-17-39(44)42-28-33-13-3-4-14-34(33)30-46(42)55/h1-30H. The van der Waals surface area contributed by atoms with E-state index in [1.165, 1.54) is 58.1 Å². The van der Waals surface area contributed by atoms with E-state index in [9.17, 15) is 0 Å². The van der Waals surface area contributed by atoms with E-state index in [0.717, 1.165) is 38.5 Å². The summed E-state index contributed by atoms with van der Waals surface area (Å²) in [5, 5.41) is 11.9. The molecule has 0 N–H and O–H groups in total. The molecule has 0 bridgehead atoms. The number of para-hydroxylation sites is 1. The maximum atomic E-state index is 5.28. The Morgan fingerprint density at radius 1 is 0.339 bits per heavy atom. The molecule has 0 aliphatic heterocycles. The molecule has 0 spiro atoms. The molecular formula is C51H30N4S. The smallest absolute Gasteiger partial charge is 0.164 e. The molecule has 9 aromatic carbocycles. The first kappa shape index (κ1) is 31.2. The lowest BCUT2D eigenvalue weighted by atomic mass is 10.0. The number of rotatable bonds is 4. The number of benzene rings is 9. The molecule has 0 unspecified atom stereocenters. The molecule has 0 radical (unpaired) electrons. The molecule has 0 saturated carbocycles. The summed E-state index contributed by atoms with van der Waals surface area (Å²) in [7, 11) is 0. The number of thiophene rings is 1. The molecular weight excluding hydrogens is 701 g/mol. The van der Waals surface area contributed by atoms with E-state index >= 15 is 0 Å². The molecule has 0 amide bonds. The Hall–Kier alpha value is -7.21. The highest BCUT2D eigenvalue weighted by atomic mass is 32.1. The van der Waals surface area contributed by atoms with Crippen molar-refractivity contribution >= 4 is 85.6 Å². The molecule has 260 valence electrons. The topological polar surface area (TPSA) is 43.6 Å². The largest absolute Gasteiger partial charge is 0.309 e. The van der Waals surface area contributed by atoms with Crippen LogP contribution in [0.4, 0.5) is 0 Å². The van der Waals surface area contributed by atoms with Gasteiger partial charge in [-0.3, -0.25) is 0 Å². The molecule has 4 nitrogen and oxygen atoms in total. The summed E-state index contributed by atoms with van der Waals surface area (Å²) in [4.78, 5) is 15.7. The van der Waals surface area contributed by atoms with Crippen molar-refractivity contribution in [3.05, 3.63) is 182 Å². The van der Waals surface area contributed by atoms with Crippen LogP contribution in [0.15, 0.2) is 182 Å². The minimum absolute atomic E-state index is 0.643. The third kappa shape index (κ3) is 4.81. The summed E-state index contributed by atoms with van der Waals surface area (Å²) in [6.07, 6.45) is 0. The first-order chi connectivity index (χ1) is 27.7. The van der Waals surface area contributed by atoms with E-state index in [4.69, 9.17) is 15.0 Å². The Morgan fingerprint density at radius 2 is 0.929 bits per heavy atom. The van der Waals surface area contributed by atoms with Crippen LogP contribution in [0.2, 0.25) is 0 Å². The highest BCUT2D eigenvalue weighted by Gasteiger charge is 2.20. The molecule has 5 heteroatoms. The molecule has 0 aliphatic rings. The van der Waals surface area contributed by atoms with Gasteiger partial charge in [0, 0.05) is 53.0 Å². The average molecular weight is 731 g/mol. The second-order valence-corrected chi connectivity index (χ2v) is 15.5. The van der Waals surface area contributed by atoms with E-state index in [0.29, 0.717) is 17.5 Å². The van der Waals surface area contributed by atoms with Crippen molar-refractivity contribution in [3.8, 4) is 39.9 Å². The maximum Gasteiger partial charge on any atom is 0.164 e. The predicted octanol–water partition coefficient (Wildman–Crippen LogP) is 13.8. The third-order valence-electron chi connectivity index (χ3n) is 11.2. The van der Waals surface area contributed by atoms with Crippen LogP contribution < -0.4 is 0 Å². The van der Waals surface area contributed by atoms with Gasteiger partial charge in [0.25, 0.3) is 0 Å². The fourth-order valence-electron chi connectivity index (χ4n) is 8.54. The van der Waals surface area contributed by atoms with Crippen molar-refractivity contribution in [1.29, 1.82) is 0 Å². The van der Waals surface area contributed by atoms with Gasteiger partial charge in [-0.15, -0.1) is 11.3 Å².